The number of thioether (sulfide) groups is 1. The van der Waals surface area contributed by atoms with Crippen LogP contribution in [0.4, 0.5) is 18.9 Å². The second-order valence-electron chi connectivity index (χ2n) is 9.54. The Bertz CT molecular complexity index is 1430. The Morgan fingerprint density at radius 1 is 1.00 bits per heavy atom. The third-order valence-electron chi connectivity index (χ3n) is 8.01. The highest BCUT2D eigenvalue weighted by Crippen LogP contribution is 2.69. The Balaban J connectivity index is 1.30. The number of hydrogen-bond donors (Lipinski definition) is 1. The Hall–Kier alpha value is -2.37. The van der Waals surface area contributed by atoms with E-state index in [1.54, 1.807) is 23.1 Å². The number of thiophene rings is 1. The molecular formula is C24H17F3N2O3S3. The Kier molecular flexibility index (Phi) is 4.58. The summed E-state index contributed by atoms with van der Waals surface area (Å²) in [6.45, 7) is 0. The van der Waals surface area contributed by atoms with Crippen molar-refractivity contribution in [1.82, 2.24) is 4.98 Å². The molecule has 1 aromatic carbocycles. The van der Waals surface area contributed by atoms with Gasteiger partial charge in [-0.25, -0.2) is 0 Å². The monoisotopic (exact) mass is 534 g/mol. The van der Waals surface area contributed by atoms with Crippen LogP contribution in [-0.4, -0.2) is 22.0 Å². The van der Waals surface area contributed by atoms with Gasteiger partial charge in [0.2, 0.25) is 11.8 Å². The minimum Gasteiger partial charge on any atom is -0.307 e. The maximum Gasteiger partial charge on any atom is 0.416 e. The minimum absolute atomic E-state index is 0.0162. The summed E-state index contributed by atoms with van der Waals surface area (Å²) in [5.41, 5.74) is -0.900. The first kappa shape index (κ1) is 21.9. The molecule has 0 radical (unpaired) electrons. The lowest BCUT2D eigenvalue weighted by Crippen LogP contribution is -2.42. The molecule has 0 spiro atoms. The minimum atomic E-state index is -4.56. The molecule has 3 fully saturated rings. The van der Waals surface area contributed by atoms with Crippen LogP contribution in [0, 0.1) is 29.6 Å². The molecule has 2 saturated carbocycles. The topological polar surface area (TPSA) is 70.2 Å². The fourth-order valence-electron chi connectivity index (χ4n) is 6.88. The number of alkyl halides is 3. The number of carbonyl (C=O) groups is 2. The highest BCUT2D eigenvalue weighted by atomic mass is 32.2. The van der Waals surface area contributed by atoms with Crippen LogP contribution in [0.2, 0.25) is 0 Å². The van der Waals surface area contributed by atoms with Crippen molar-refractivity contribution >= 4 is 51.9 Å². The van der Waals surface area contributed by atoms with Gasteiger partial charge in [-0.15, -0.1) is 23.1 Å². The zero-order chi connectivity index (χ0) is 24.2. The summed E-state index contributed by atoms with van der Waals surface area (Å²) >= 11 is 4.42. The van der Waals surface area contributed by atoms with Crippen LogP contribution in [0.15, 0.2) is 51.6 Å². The molecule has 1 saturated heterocycles. The maximum atomic E-state index is 13.6. The van der Waals surface area contributed by atoms with E-state index in [2.05, 4.69) is 11.1 Å². The number of H-pyrrole nitrogens is 1. The van der Waals surface area contributed by atoms with Crippen LogP contribution < -0.4 is 9.77 Å². The van der Waals surface area contributed by atoms with Crippen molar-refractivity contribution in [3.8, 4) is 0 Å². The zero-order valence-corrected chi connectivity index (χ0v) is 20.3. The van der Waals surface area contributed by atoms with Gasteiger partial charge in [0.25, 0.3) is 0 Å². The van der Waals surface area contributed by atoms with Gasteiger partial charge in [-0.2, -0.15) is 13.2 Å². The Labute approximate surface area is 209 Å². The number of halogens is 3. The Morgan fingerprint density at radius 2 is 1.77 bits per heavy atom. The van der Waals surface area contributed by atoms with E-state index in [0.717, 1.165) is 38.2 Å². The van der Waals surface area contributed by atoms with Gasteiger partial charge >= 0.3 is 11.0 Å². The first-order chi connectivity index (χ1) is 16.7. The lowest BCUT2D eigenvalue weighted by atomic mass is 9.69. The number of benzene rings is 1. The molecule has 11 heteroatoms. The highest BCUT2D eigenvalue weighted by molar-refractivity contribution is 8.00. The fraction of sp³-hybridized carbons (Fsp3) is 0.375. The number of hydrogen-bond acceptors (Lipinski definition) is 6. The van der Waals surface area contributed by atoms with Crippen molar-refractivity contribution in [2.75, 3.05) is 4.90 Å². The van der Waals surface area contributed by atoms with E-state index in [-0.39, 0.29) is 39.5 Å². The predicted molar refractivity (Wildman–Crippen MR) is 127 cm³/mol. The largest absolute Gasteiger partial charge is 0.416 e. The molecule has 3 aromatic rings. The number of fused-ring (bicyclic) bond motifs is 9. The van der Waals surface area contributed by atoms with Crippen LogP contribution in [0.1, 0.15) is 27.7 Å². The number of aromatic amines is 1. The number of carbonyl (C=O) groups excluding carboxylic acids is 2. The second-order valence-corrected chi connectivity index (χ2v) is 12.7. The quantitative estimate of drug-likeness (QED) is 0.459. The number of amides is 2. The molecule has 1 N–H and O–H groups in total. The molecule has 0 unspecified atom stereocenters. The van der Waals surface area contributed by atoms with Gasteiger partial charge < -0.3 is 4.98 Å². The highest BCUT2D eigenvalue weighted by Gasteiger charge is 2.69. The van der Waals surface area contributed by atoms with Gasteiger partial charge in [0.1, 0.15) is 0 Å². The average molecular weight is 535 g/mol. The number of thiazole rings is 1. The molecule has 5 nitrogen and oxygen atoms in total. The van der Waals surface area contributed by atoms with Crippen molar-refractivity contribution < 1.29 is 22.8 Å². The summed E-state index contributed by atoms with van der Waals surface area (Å²) in [5.74, 6) is -1.94. The lowest BCUT2D eigenvalue weighted by molar-refractivity contribution is -0.137. The van der Waals surface area contributed by atoms with E-state index >= 15 is 0 Å². The molecular weight excluding hydrogens is 517 g/mol. The standard InChI is InChI=1S/C24H17F3N2O3S3/c25-24(26,27)9-3-1-4-10(7-9)29-21(30)15-11-8-12(16(15)22(29)31)18-14(11)17(13-5-2-6-33-13)19-20(34-18)28-23(32)35-19/h1-7,11-12,14-18H,8H2,(H,28,32)/t11-,12-,14-,15+,16-,17-,18+/m0/s1. The van der Waals surface area contributed by atoms with Crippen LogP contribution in [0.25, 0.3) is 0 Å². The predicted octanol–water partition coefficient (Wildman–Crippen LogP) is 5.19. The third kappa shape index (κ3) is 2.97. The number of imide groups is 1. The van der Waals surface area contributed by atoms with E-state index in [1.165, 1.54) is 23.5 Å². The summed E-state index contributed by atoms with van der Waals surface area (Å²) in [6, 6.07) is 8.48. The average Bonchev–Trinajstić information content (AvgIpc) is 3.61. The summed E-state index contributed by atoms with van der Waals surface area (Å²) in [5, 5.41) is 2.90. The molecule has 7 atom stereocenters. The van der Waals surface area contributed by atoms with Gasteiger partial charge in [0.05, 0.1) is 28.1 Å². The number of aromatic nitrogens is 1. The normalized spacial score (nSPS) is 33.2. The molecule has 35 heavy (non-hydrogen) atoms. The van der Waals surface area contributed by atoms with Crippen molar-refractivity contribution in [3.05, 3.63) is 66.8 Å². The molecule has 180 valence electrons. The van der Waals surface area contributed by atoms with Gasteiger partial charge in [-0.3, -0.25) is 19.3 Å². The second kappa shape index (κ2) is 7.33. The van der Waals surface area contributed by atoms with Crippen LogP contribution in [0.5, 0.6) is 0 Å². The van der Waals surface area contributed by atoms with Gasteiger partial charge in [-0.05, 0) is 53.8 Å². The van der Waals surface area contributed by atoms with E-state index in [0.29, 0.717) is 0 Å². The van der Waals surface area contributed by atoms with Gasteiger partial charge in [0.15, 0.2) is 0 Å². The molecule has 2 bridgehead atoms. The lowest BCUT2D eigenvalue weighted by Gasteiger charge is -2.42. The van der Waals surface area contributed by atoms with Gasteiger partial charge in [-0.1, -0.05) is 23.5 Å². The van der Waals surface area contributed by atoms with E-state index in [1.807, 2.05) is 11.4 Å². The summed E-state index contributed by atoms with van der Waals surface area (Å²) < 4.78 is 39.9. The zero-order valence-electron chi connectivity index (χ0n) is 17.8. The van der Waals surface area contributed by atoms with Crippen molar-refractivity contribution in [1.29, 1.82) is 0 Å². The third-order valence-corrected chi connectivity index (χ3v) is 11.5. The van der Waals surface area contributed by atoms with Crippen LogP contribution >= 0.6 is 34.4 Å². The molecule has 2 aromatic heterocycles. The maximum absolute atomic E-state index is 13.6. The SMILES string of the molecule is O=C1[C@@H]2[C@H]3C[C@H]([C@H]4Sc5[nH]c(=O)sc5[C@@H](c5cccs5)[C@H]34)[C@@H]2C(=O)N1c1cccc(C(F)(F)F)c1. The number of rotatable bonds is 2. The van der Waals surface area contributed by atoms with Crippen LogP contribution in [0.3, 0.4) is 0 Å². The summed E-state index contributed by atoms with van der Waals surface area (Å²) in [7, 11) is 0. The molecule has 2 amide bonds. The van der Waals surface area contributed by atoms with Gasteiger partial charge in [0, 0.05) is 20.9 Å². The number of nitrogens with one attached hydrogen (secondary N) is 1. The van der Waals surface area contributed by atoms with Crippen molar-refractivity contribution in [2.45, 2.75) is 28.8 Å². The van der Waals surface area contributed by atoms with E-state index in [4.69, 9.17) is 0 Å². The summed E-state index contributed by atoms with van der Waals surface area (Å²) in [6.07, 6.45) is -3.82. The molecule has 2 aliphatic carbocycles. The first-order valence-corrected chi connectivity index (χ1v) is 13.8. The van der Waals surface area contributed by atoms with Crippen LogP contribution in [-0.2, 0) is 15.8 Å². The summed E-state index contributed by atoms with van der Waals surface area (Å²) in [4.78, 5) is 45.4. The number of anilines is 1. The number of nitrogens with zero attached hydrogens (tertiary/aromatic N) is 1. The first-order valence-electron chi connectivity index (χ1n) is 11.2. The molecule has 7 rings (SSSR count). The van der Waals surface area contributed by atoms with E-state index < -0.39 is 35.4 Å². The molecule has 4 heterocycles. The van der Waals surface area contributed by atoms with E-state index in [9.17, 15) is 27.6 Å². The van der Waals surface area contributed by atoms with Crippen molar-refractivity contribution in [3.63, 3.8) is 0 Å². The van der Waals surface area contributed by atoms with Crippen molar-refractivity contribution in [2.24, 2.45) is 29.6 Å². The molecule has 4 aliphatic rings. The molecule has 2 aliphatic heterocycles. The fourth-order valence-corrected chi connectivity index (χ4v) is 10.7. The smallest absolute Gasteiger partial charge is 0.307 e. The Morgan fingerprint density at radius 3 is 2.49 bits per heavy atom.